The van der Waals surface area contributed by atoms with Crippen molar-refractivity contribution in [1.82, 2.24) is 4.90 Å². The van der Waals surface area contributed by atoms with Crippen molar-refractivity contribution in [3.63, 3.8) is 0 Å². The van der Waals surface area contributed by atoms with Crippen LogP contribution in [-0.2, 0) is 0 Å². The highest BCUT2D eigenvalue weighted by Gasteiger charge is 2.35. The maximum Gasteiger partial charge on any atom is 0.401 e. The third-order valence-corrected chi connectivity index (χ3v) is 3.97. The molecule has 2 atom stereocenters. The Bertz CT molecular complexity index is 393. The Balaban J connectivity index is 2.99. The van der Waals surface area contributed by atoms with Crippen LogP contribution in [0.25, 0.3) is 0 Å². The van der Waals surface area contributed by atoms with Crippen LogP contribution in [0.3, 0.4) is 0 Å². The molecular formula is C12H18ClF3N2S. The average Bonchev–Trinajstić information content (AvgIpc) is 2.62. The fraction of sp³-hybridized carbons (Fsp3) is 0.667. The van der Waals surface area contributed by atoms with Crippen molar-refractivity contribution in [3.8, 4) is 0 Å². The van der Waals surface area contributed by atoms with Gasteiger partial charge in [0.2, 0.25) is 0 Å². The fourth-order valence-corrected chi connectivity index (χ4v) is 3.40. The van der Waals surface area contributed by atoms with Gasteiger partial charge >= 0.3 is 6.18 Å². The van der Waals surface area contributed by atoms with Crippen LogP contribution in [0, 0.1) is 0 Å². The zero-order valence-corrected chi connectivity index (χ0v) is 12.4. The maximum absolute atomic E-state index is 12.7. The number of nitrogens with zero attached hydrogens (tertiary/aromatic N) is 1. The smallest absolute Gasteiger partial charge is 0.326 e. The predicted octanol–water partition coefficient (Wildman–Crippen LogP) is 4.06. The minimum absolute atomic E-state index is 0.348. The number of alkyl halides is 3. The second-order valence-corrected chi connectivity index (χ2v) is 6.28. The van der Waals surface area contributed by atoms with Crippen molar-refractivity contribution in [3.05, 3.63) is 21.3 Å². The van der Waals surface area contributed by atoms with Gasteiger partial charge in [0.25, 0.3) is 0 Å². The second-order valence-electron chi connectivity index (χ2n) is 4.53. The lowest BCUT2D eigenvalue weighted by atomic mass is 10.1. The number of hydrogen-bond donors (Lipinski definition) is 1. The second kappa shape index (κ2) is 6.92. The van der Waals surface area contributed by atoms with Crippen molar-refractivity contribution in [2.24, 2.45) is 5.73 Å². The number of halogens is 4. The Morgan fingerprint density at radius 2 is 2.05 bits per heavy atom. The van der Waals surface area contributed by atoms with E-state index in [1.165, 1.54) is 16.2 Å². The molecule has 0 saturated carbocycles. The lowest BCUT2D eigenvalue weighted by Crippen LogP contribution is -2.44. The first-order valence-corrected chi connectivity index (χ1v) is 7.25. The first-order valence-electron chi connectivity index (χ1n) is 6.06. The molecule has 1 heterocycles. The van der Waals surface area contributed by atoms with E-state index in [1.54, 1.807) is 19.1 Å². The maximum atomic E-state index is 12.7. The van der Waals surface area contributed by atoms with Gasteiger partial charge in [-0.2, -0.15) is 13.2 Å². The Kier molecular flexibility index (Phi) is 6.11. The van der Waals surface area contributed by atoms with E-state index in [0.29, 0.717) is 17.3 Å². The van der Waals surface area contributed by atoms with Gasteiger partial charge < -0.3 is 5.73 Å². The highest BCUT2D eigenvalue weighted by molar-refractivity contribution is 7.16. The molecule has 2 N–H and O–H groups in total. The summed E-state index contributed by atoms with van der Waals surface area (Å²) in [6.07, 6.45) is -3.60. The van der Waals surface area contributed by atoms with Gasteiger partial charge in [-0.15, -0.1) is 11.3 Å². The third-order valence-electron chi connectivity index (χ3n) is 2.67. The van der Waals surface area contributed by atoms with Crippen molar-refractivity contribution in [2.75, 3.05) is 13.1 Å². The van der Waals surface area contributed by atoms with E-state index in [2.05, 4.69) is 0 Å². The number of rotatable bonds is 6. The first kappa shape index (κ1) is 16.8. The van der Waals surface area contributed by atoms with Crippen LogP contribution in [0.15, 0.2) is 12.1 Å². The van der Waals surface area contributed by atoms with E-state index < -0.39 is 24.8 Å². The van der Waals surface area contributed by atoms with Gasteiger partial charge in [-0.25, -0.2) is 0 Å². The molecule has 0 amide bonds. The Morgan fingerprint density at radius 1 is 1.42 bits per heavy atom. The number of thiophene rings is 1. The van der Waals surface area contributed by atoms with E-state index in [4.69, 9.17) is 17.3 Å². The zero-order chi connectivity index (χ0) is 14.6. The monoisotopic (exact) mass is 314 g/mol. The minimum atomic E-state index is -4.23. The summed E-state index contributed by atoms with van der Waals surface area (Å²) in [5, 5.41) is 0. The summed E-state index contributed by atoms with van der Waals surface area (Å²) in [7, 11) is 0. The quantitative estimate of drug-likeness (QED) is 0.858. The molecule has 1 rings (SSSR count). The van der Waals surface area contributed by atoms with Crippen molar-refractivity contribution >= 4 is 22.9 Å². The normalized spacial score (nSPS) is 15.8. The topological polar surface area (TPSA) is 29.3 Å². The highest BCUT2D eigenvalue weighted by atomic mass is 35.5. The molecule has 1 aromatic heterocycles. The van der Waals surface area contributed by atoms with Crippen LogP contribution < -0.4 is 5.73 Å². The van der Waals surface area contributed by atoms with Crippen molar-refractivity contribution < 1.29 is 13.2 Å². The van der Waals surface area contributed by atoms with Crippen LogP contribution in [-0.4, -0.2) is 30.2 Å². The summed E-state index contributed by atoms with van der Waals surface area (Å²) in [6.45, 7) is 2.96. The van der Waals surface area contributed by atoms with Gasteiger partial charge in [0.15, 0.2) is 0 Å². The van der Waals surface area contributed by atoms with Crippen LogP contribution >= 0.6 is 22.9 Å². The molecule has 2 unspecified atom stereocenters. The van der Waals surface area contributed by atoms with E-state index in [-0.39, 0.29) is 0 Å². The summed E-state index contributed by atoms with van der Waals surface area (Å²) in [4.78, 5) is 2.16. The van der Waals surface area contributed by atoms with E-state index in [1.807, 2.05) is 6.92 Å². The highest BCUT2D eigenvalue weighted by Crippen LogP contribution is 2.34. The van der Waals surface area contributed by atoms with Gasteiger partial charge in [-0.05, 0) is 32.0 Å². The molecule has 0 bridgehead atoms. The molecule has 0 radical (unpaired) electrons. The Morgan fingerprint density at radius 3 is 2.42 bits per heavy atom. The third kappa shape index (κ3) is 5.30. The molecule has 1 aromatic rings. The molecule has 2 nitrogen and oxygen atoms in total. The molecular weight excluding hydrogens is 297 g/mol. The Hall–Kier alpha value is -0.300. The van der Waals surface area contributed by atoms with Crippen molar-refractivity contribution in [1.29, 1.82) is 0 Å². The summed E-state index contributed by atoms with van der Waals surface area (Å²) in [5.41, 5.74) is 5.88. The number of hydrogen-bond acceptors (Lipinski definition) is 3. The van der Waals surface area contributed by atoms with E-state index in [9.17, 15) is 13.2 Å². The summed E-state index contributed by atoms with van der Waals surface area (Å²) in [5.74, 6) is 0. The molecule has 0 aliphatic rings. The van der Waals surface area contributed by atoms with E-state index >= 15 is 0 Å². The van der Waals surface area contributed by atoms with Crippen molar-refractivity contribution in [2.45, 2.75) is 38.5 Å². The molecule has 19 heavy (non-hydrogen) atoms. The molecule has 0 aromatic carbocycles. The largest absolute Gasteiger partial charge is 0.401 e. The molecule has 0 fully saturated rings. The van der Waals surface area contributed by atoms with Crippen LogP contribution in [0.1, 0.15) is 31.2 Å². The molecule has 0 aliphatic heterocycles. The van der Waals surface area contributed by atoms with Gasteiger partial charge in [0.1, 0.15) is 0 Å². The van der Waals surface area contributed by atoms with Gasteiger partial charge in [-0.1, -0.05) is 18.5 Å². The summed E-state index contributed by atoms with van der Waals surface area (Å²) in [6, 6.07) is 2.58. The average molecular weight is 315 g/mol. The predicted molar refractivity (Wildman–Crippen MR) is 73.6 cm³/mol. The summed E-state index contributed by atoms with van der Waals surface area (Å²) >= 11 is 7.14. The molecule has 7 heteroatoms. The molecule has 110 valence electrons. The zero-order valence-electron chi connectivity index (χ0n) is 10.9. The molecule has 0 saturated heterocycles. The minimum Gasteiger partial charge on any atom is -0.326 e. The fourth-order valence-electron chi connectivity index (χ4n) is 2.09. The first-order chi connectivity index (χ1) is 8.74. The standard InChI is InChI=1S/C12H18ClF3N2S/c1-3-6-18(7-12(14,15)16)11(8(2)17)9-4-5-10(13)19-9/h4-5,8,11H,3,6-7,17H2,1-2H3. The van der Waals surface area contributed by atoms with Gasteiger partial charge in [0, 0.05) is 10.9 Å². The van der Waals surface area contributed by atoms with Crippen LogP contribution in [0.5, 0.6) is 0 Å². The SMILES string of the molecule is CCCN(CC(F)(F)F)C(c1ccc(Cl)s1)C(C)N. The van der Waals surface area contributed by atoms with Gasteiger partial charge in [0.05, 0.1) is 16.9 Å². The lowest BCUT2D eigenvalue weighted by Gasteiger charge is -2.34. The van der Waals surface area contributed by atoms with Gasteiger partial charge in [-0.3, -0.25) is 4.90 Å². The number of nitrogens with two attached hydrogens (primary N) is 1. The Labute approximate surface area is 120 Å². The molecule has 0 aliphatic carbocycles. The lowest BCUT2D eigenvalue weighted by molar-refractivity contribution is -0.151. The van der Waals surface area contributed by atoms with Crippen LogP contribution in [0.2, 0.25) is 4.34 Å². The van der Waals surface area contributed by atoms with E-state index in [0.717, 1.165) is 4.88 Å². The summed E-state index contributed by atoms with van der Waals surface area (Å²) < 4.78 is 38.6. The van der Waals surface area contributed by atoms with Crippen LogP contribution in [0.4, 0.5) is 13.2 Å². The molecule has 0 spiro atoms.